The number of fused-ring (bicyclic) bond motifs is 1. The number of thioether (sulfide) groups is 1. The number of hydrogen-bond donors (Lipinski definition) is 0. The number of rotatable bonds is 4. The van der Waals surface area contributed by atoms with Crippen LogP contribution in [-0.4, -0.2) is 45.5 Å². The van der Waals surface area contributed by atoms with Crippen molar-refractivity contribution in [2.75, 3.05) is 13.1 Å². The molecule has 3 aliphatic rings. The highest BCUT2D eigenvalue weighted by molar-refractivity contribution is 8.16. The number of allylic oxidation sites excluding steroid dienone is 1. The van der Waals surface area contributed by atoms with E-state index in [-0.39, 0.29) is 17.9 Å². The Hall–Kier alpha value is -2.61. The Morgan fingerprint density at radius 2 is 1.91 bits per heavy atom. The molecule has 0 aromatic heterocycles. The van der Waals surface area contributed by atoms with Crippen molar-refractivity contribution >= 4 is 28.8 Å². The molecule has 0 radical (unpaired) electrons. The number of halogens is 1. The van der Waals surface area contributed by atoms with Crippen molar-refractivity contribution in [2.45, 2.75) is 58.6 Å². The molecule has 1 unspecified atom stereocenters. The van der Waals surface area contributed by atoms with Gasteiger partial charge < -0.3 is 14.5 Å². The van der Waals surface area contributed by atoms with Crippen LogP contribution in [-0.2, 0) is 14.3 Å². The molecule has 3 heterocycles. The molecule has 32 heavy (non-hydrogen) atoms. The minimum atomic E-state index is -0.758. The van der Waals surface area contributed by atoms with Gasteiger partial charge in [-0.1, -0.05) is 30.0 Å². The lowest BCUT2D eigenvalue weighted by molar-refractivity contribution is -0.150. The van der Waals surface area contributed by atoms with Crippen LogP contribution in [0.4, 0.5) is 4.39 Å². The summed E-state index contributed by atoms with van der Waals surface area (Å²) in [5.41, 5.74) is 1.13. The Bertz CT molecular complexity index is 1040. The predicted molar refractivity (Wildman–Crippen MR) is 123 cm³/mol. The fraction of sp³-hybridized carbons (Fsp3) is 0.458. The molecule has 1 aromatic carbocycles. The van der Waals surface area contributed by atoms with Gasteiger partial charge in [-0.25, -0.2) is 14.2 Å². The van der Waals surface area contributed by atoms with Crippen molar-refractivity contribution in [1.29, 1.82) is 0 Å². The number of carbonyl (C=O) groups excluding carboxylic acids is 2. The highest BCUT2D eigenvalue weighted by Crippen LogP contribution is 2.45. The Balaban J connectivity index is 1.74. The van der Waals surface area contributed by atoms with Gasteiger partial charge in [0.25, 0.3) is 0 Å². The van der Waals surface area contributed by atoms with E-state index >= 15 is 4.39 Å². The molecule has 1 amide bonds. The monoisotopic (exact) mass is 457 g/mol. The van der Waals surface area contributed by atoms with E-state index in [2.05, 4.69) is 4.99 Å². The summed E-state index contributed by atoms with van der Waals surface area (Å²) in [4.78, 5) is 34.4. The van der Waals surface area contributed by atoms with Gasteiger partial charge in [0.2, 0.25) is 5.91 Å². The zero-order valence-electron chi connectivity index (χ0n) is 18.9. The third-order valence-corrected chi connectivity index (χ3v) is 6.50. The molecule has 0 saturated carbocycles. The smallest absolute Gasteiger partial charge is 0.338 e. The second kappa shape index (κ2) is 8.73. The summed E-state index contributed by atoms with van der Waals surface area (Å²) in [6, 6.07) is 5.65. The molecule has 0 spiro atoms. The van der Waals surface area contributed by atoms with Crippen LogP contribution < -0.4 is 0 Å². The summed E-state index contributed by atoms with van der Waals surface area (Å²) in [5, 5.41) is 2.51. The topological polar surface area (TPSA) is 62.2 Å². The number of carbonyl (C=O) groups is 2. The normalized spacial score (nSPS) is 20.8. The summed E-state index contributed by atoms with van der Waals surface area (Å²) in [6.45, 7) is 8.65. The van der Waals surface area contributed by atoms with Gasteiger partial charge in [-0.3, -0.25) is 4.79 Å². The Labute approximate surface area is 192 Å². The number of amides is 1. The summed E-state index contributed by atoms with van der Waals surface area (Å²) in [7, 11) is 0. The number of ether oxygens (including phenoxy) is 1. The number of nitrogens with zero attached hydrogens (tertiary/aromatic N) is 3. The highest BCUT2D eigenvalue weighted by Gasteiger charge is 2.43. The molecular weight excluding hydrogens is 429 g/mol. The summed E-state index contributed by atoms with van der Waals surface area (Å²) >= 11 is 1.39. The fourth-order valence-electron chi connectivity index (χ4n) is 4.19. The van der Waals surface area contributed by atoms with E-state index in [0.717, 1.165) is 25.9 Å². The number of hydrogen-bond acceptors (Lipinski definition) is 6. The van der Waals surface area contributed by atoms with Crippen molar-refractivity contribution in [1.82, 2.24) is 9.80 Å². The second-order valence-electron chi connectivity index (χ2n) is 9.18. The summed E-state index contributed by atoms with van der Waals surface area (Å²) < 4.78 is 20.7. The van der Waals surface area contributed by atoms with E-state index in [1.54, 1.807) is 45.9 Å². The second-order valence-corrected chi connectivity index (χ2v) is 10.0. The van der Waals surface area contributed by atoms with E-state index in [1.165, 1.54) is 17.8 Å². The number of likely N-dealkylation sites (tertiary alicyclic amines) is 1. The van der Waals surface area contributed by atoms with Crippen LogP contribution in [0, 0.1) is 5.82 Å². The summed E-state index contributed by atoms with van der Waals surface area (Å²) in [5.74, 6) is -0.920. The molecule has 6 nitrogen and oxygen atoms in total. The molecule has 8 heteroatoms. The first-order valence-corrected chi connectivity index (χ1v) is 11.7. The van der Waals surface area contributed by atoms with E-state index in [1.807, 2.05) is 15.2 Å². The van der Waals surface area contributed by atoms with E-state index in [9.17, 15) is 9.59 Å². The predicted octanol–water partition coefficient (Wildman–Crippen LogP) is 4.75. The van der Waals surface area contributed by atoms with Crippen molar-refractivity contribution < 1.29 is 18.7 Å². The zero-order chi connectivity index (χ0) is 23.0. The SMILES string of the molecule is CC1=C(C(=O)OC(C)(C)C)C(c2ccccc2F)N2C(CC(=O)N3CCCC3)=CSC2=N1. The van der Waals surface area contributed by atoms with Crippen LogP contribution >= 0.6 is 11.8 Å². The average molecular weight is 458 g/mol. The largest absolute Gasteiger partial charge is 0.456 e. The van der Waals surface area contributed by atoms with Gasteiger partial charge in [-0.2, -0.15) is 0 Å². The van der Waals surface area contributed by atoms with Gasteiger partial charge in [0.1, 0.15) is 11.4 Å². The molecule has 170 valence electrons. The first kappa shape index (κ1) is 22.6. The number of esters is 1. The molecule has 3 aliphatic heterocycles. The van der Waals surface area contributed by atoms with E-state index < -0.39 is 23.4 Å². The van der Waals surface area contributed by atoms with Crippen molar-refractivity contribution in [3.8, 4) is 0 Å². The van der Waals surface area contributed by atoms with Crippen LogP contribution in [0.5, 0.6) is 0 Å². The first-order valence-electron chi connectivity index (χ1n) is 10.9. The maximum absolute atomic E-state index is 15.0. The van der Waals surface area contributed by atoms with Crippen molar-refractivity contribution in [3.63, 3.8) is 0 Å². The molecular formula is C24H28FN3O3S. The molecule has 4 rings (SSSR count). The quantitative estimate of drug-likeness (QED) is 0.611. The van der Waals surface area contributed by atoms with E-state index in [0.29, 0.717) is 22.1 Å². The lowest BCUT2D eigenvalue weighted by atomic mass is 9.93. The minimum Gasteiger partial charge on any atom is -0.456 e. The molecule has 0 aliphatic carbocycles. The number of aliphatic imine (C=N–C) groups is 1. The number of benzene rings is 1. The molecule has 0 bridgehead atoms. The van der Waals surface area contributed by atoms with Gasteiger partial charge in [-0.05, 0) is 52.0 Å². The Kier molecular flexibility index (Phi) is 6.16. The third-order valence-electron chi connectivity index (χ3n) is 5.61. The van der Waals surface area contributed by atoms with Crippen LogP contribution in [0.25, 0.3) is 0 Å². The third kappa shape index (κ3) is 4.46. The lowest BCUT2D eigenvalue weighted by Crippen LogP contribution is -2.39. The summed E-state index contributed by atoms with van der Waals surface area (Å²) in [6.07, 6.45) is 2.20. The Morgan fingerprint density at radius 3 is 2.56 bits per heavy atom. The molecule has 1 aromatic rings. The van der Waals surface area contributed by atoms with Crippen LogP contribution in [0.3, 0.4) is 0 Å². The van der Waals surface area contributed by atoms with Gasteiger partial charge >= 0.3 is 5.97 Å². The van der Waals surface area contributed by atoms with E-state index in [4.69, 9.17) is 4.74 Å². The standard InChI is InChI=1S/C24H28FN3O3S/c1-15-20(22(30)31-24(2,3)4)21(17-9-5-6-10-18(17)25)28-16(14-32-23(28)26-15)13-19(29)27-11-7-8-12-27/h5-6,9-10,14,21H,7-8,11-13H2,1-4H3. The van der Waals surface area contributed by atoms with Crippen LogP contribution in [0.1, 0.15) is 58.6 Å². The lowest BCUT2D eigenvalue weighted by Gasteiger charge is -2.37. The maximum atomic E-state index is 15.0. The maximum Gasteiger partial charge on any atom is 0.338 e. The van der Waals surface area contributed by atoms with Gasteiger partial charge in [0, 0.05) is 24.4 Å². The molecule has 1 saturated heterocycles. The number of amidine groups is 1. The molecule has 0 N–H and O–H groups in total. The van der Waals surface area contributed by atoms with Gasteiger partial charge in [0.15, 0.2) is 5.17 Å². The van der Waals surface area contributed by atoms with Gasteiger partial charge in [0.05, 0.1) is 23.7 Å². The molecule has 1 fully saturated rings. The fourth-order valence-corrected chi connectivity index (χ4v) is 5.15. The highest BCUT2D eigenvalue weighted by atomic mass is 32.2. The van der Waals surface area contributed by atoms with Crippen molar-refractivity contribution in [3.05, 3.63) is 58.0 Å². The Morgan fingerprint density at radius 1 is 1.22 bits per heavy atom. The van der Waals surface area contributed by atoms with Crippen LogP contribution in [0.15, 0.2) is 51.6 Å². The first-order chi connectivity index (χ1) is 15.2. The zero-order valence-corrected chi connectivity index (χ0v) is 19.7. The van der Waals surface area contributed by atoms with Crippen molar-refractivity contribution in [2.24, 2.45) is 4.99 Å². The van der Waals surface area contributed by atoms with Gasteiger partial charge in [-0.15, -0.1) is 0 Å². The molecule has 1 atom stereocenters. The van der Waals surface area contributed by atoms with Crippen LogP contribution in [0.2, 0.25) is 0 Å². The minimum absolute atomic E-state index is 0.0352. The average Bonchev–Trinajstić information content (AvgIpc) is 3.36.